The Bertz CT molecular complexity index is 200. The van der Waals surface area contributed by atoms with Crippen LogP contribution in [0.25, 0.3) is 0 Å². The highest BCUT2D eigenvalue weighted by Crippen LogP contribution is 2.03. The first-order valence-corrected chi connectivity index (χ1v) is 4.56. The molecule has 13 heavy (non-hydrogen) atoms. The minimum absolute atomic E-state index is 0.142. The lowest BCUT2D eigenvalue weighted by molar-refractivity contribution is -0.129. The van der Waals surface area contributed by atoms with Crippen molar-refractivity contribution in [1.29, 1.82) is 0 Å². The molecule has 0 aromatic heterocycles. The number of hydrazine groups is 1. The van der Waals surface area contributed by atoms with Crippen molar-refractivity contribution in [2.45, 2.75) is 32.2 Å². The first-order valence-electron chi connectivity index (χ1n) is 4.56. The summed E-state index contributed by atoms with van der Waals surface area (Å²) in [5.41, 5.74) is 4.70. The molecule has 0 aromatic rings. The Hall–Kier alpha value is -1.10. The predicted octanol–water partition coefficient (Wildman–Crippen LogP) is -0.704. The van der Waals surface area contributed by atoms with E-state index >= 15 is 0 Å². The van der Waals surface area contributed by atoms with Crippen LogP contribution < -0.4 is 16.2 Å². The van der Waals surface area contributed by atoms with Gasteiger partial charge in [-0.25, -0.2) is 0 Å². The van der Waals surface area contributed by atoms with Gasteiger partial charge in [-0.2, -0.15) is 0 Å². The first kappa shape index (κ1) is 9.98. The molecule has 0 aliphatic carbocycles. The molecular formula is C8H15N3O2. The van der Waals surface area contributed by atoms with Gasteiger partial charge in [0, 0.05) is 6.42 Å². The lowest BCUT2D eigenvalue weighted by Gasteiger charge is -2.10. The maximum Gasteiger partial charge on any atom is 0.255 e. The van der Waals surface area contributed by atoms with Crippen LogP contribution in [0, 0.1) is 0 Å². The largest absolute Gasteiger partial charge is 0.306 e. The Morgan fingerprint density at radius 1 is 1.46 bits per heavy atom. The van der Waals surface area contributed by atoms with E-state index in [-0.39, 0.29) is 17.9 Å². The summed E-state index contributed by atoms with van der Waals surface area (Å²) in [7, 11) is 0. The predicted molar refractivity (Wildman–Crippen MR) is 47.6 cm³/mol. The standard InChI is InChI=1S/C8H15N3O2/c1-2-7(12)10-11-8(13)6-4-3-5-9-6/h6,9H,2-5H2,1H3,(H,10,12)(H,11,13). The topological polar surface area (TPSA) is 70.2 Å². The number of carbonyl (C=O) groups is 2. The fraction of sp³-hybridized carbons (Fsp3) is 0.750. The number of carbonyl (C=O) groups excluding carboxylic acids is 2. The van der Waals surface area contributed by atoms with Gasteiger partial charge < -0.3 is 5.32 Å². The molecule has 3 N–H and O–H groups in total. The van der Waals surface area contributed by atoms with Gasteiger partial charge in [-0.05, 0) is 19.4 Å². The Balaban J connectivity index is 2.20. The van der Waals surface area contributed by atoms with E-state index in [9.17, 15) is 9.59 Å². The van der Waals surface area contributed by atoms with E-state index in [4.69, 9.17) is 0 Å². The van der Waals surface area contributed by atoms with Crippen molar-refractivity contribution >= 4 is 11.8 Å². The number of hydrogen-bond donors (Lipinski definition) is 3. The Morgan fingerprint density at radius 2 is 2.23 bits per heavy atom. The first-order chi connectivity index (χ1) is 6.24. The molecule has 1 atom stereocenters. The van der Waals surface area contributed by atoms with Crippen LogP contribution in [0.4, 0.5) is 0 Å². The van der Waals surface area contributed by atoms with Gasteiger partial charge in [0.2, 0.25) is 5.91 Å². The van der Waals surface area contributed by atoms with E-state index in [0.29, 0.717) is 6.42 Å². The van der Waals surface area contributed by atoms with Gasteiger partial charge in [-0.15, -0.1) is 0 Å². The van der Waals surface area contributed by atoms with Crippen LogP contribution in [0.1, 0.15) is 26.2 Å². The van der Waals surface area contributed by atoms with Crippen LogP contribution in [0.15, 0.2) is 0 Å². The van der Waals surface area contributed by atoms with Crippen molar-refractivity contribution in [3.63, 3.8) is 0 Å². The Kier molecular flexibility index (Phi) is 3.70. The highest BCUT2D eigenvalue weighted by atomic mass is 16.2. The van der Waals surface area contributed by atoms with Gasteiger partial charge in [0.25, 0.3) is 5.91 Å². The van der Waals surface area contributed by atoms with Crippen molar-refractivity contribution in [3.05, 3.63) is 0 Å². The van der Waals surface area contributed by atoms with Crippen LogP contribution in [0.5, 0.6) is 0 Å². The highest BCUT2D eigenvalue weighted by molar-refractivity contribution is 5.85. The van der Waals surface area contributed by atoms with Crippen LogP contribution in [0.2, 0.25) is 0 Å². The molecule has 0 saturated carbocycles. The SMILES string of the molecule is CCC(=O)NNC(=O)C1CCCN1. The van der Waals surface area contributed by atoms with Crippen LogP contribution in [-0.2, 0) is 9.59 Å². The molecule has 5 nitrogen and oxygen atoms in total. The van der Waals surface area contributed by atoms with Gasteiger partial charge in [0.15, 0.2) is 0 Å². The smallest absolute Gasteiger partial charge is 0.255 e. The van der Waals surface area contributed by atoms with Gasteiger partial charge in [0.1, 0.15) is 0 Å². The van der Waals surface area contributed by atoms with Crippen molar-refractivity contribution in [2.24, 2.45) is 0 Å². The number of rotatable bonds is 2. The van der Waals surface area contributed by atoms with E-state index < -0.39 is 0 Å². The van der Waals surface area contributed by atoms with Gasteiger partial charge in [-0.1, -0.05) is 6.92 Å². The second-order valence-corrected chi connectivity index (χ2v) is 3.04. The molecule has 0 bridgehead atoms. The normalized spacial score (nSPS) is 21.2. The van der Waals surface area contributed by atoms with Gasteiger partial charge in [0.05, 0.1) is 6.04 Å². The molecule has 0 spiro atoms. The van der Waals surface area contributed by atoms with Crippen molar-refractivity contribution in [2.75, 3.05) is 6.54 Å². The molecule has 74 valence electrons. The minimum atomic E-state index is -0.175. The monoisotopic (exact) mass is 185 g/mol. The molecule has 1 fully saturated rings. The Labute approximate surface area is 77.2 Å². The minimum Gasteiger partial charge on any atom is -0.306 e. The molecular weight excluding hydrogens is 170 g/mol. The fourth-order valence-electron chi connectivity index (χ4n) is 1.22. The zero-order valence-electron chi connectivity index (χ0n) is 7.72. The number of hydrogen-bond acceptors (Lipinski definition) is 3. The van der Waals surface area contributed by atoms with Crippen molar-refractivity contribution in [1.82, 2.24) is 16.2 Å². The molecule has 0 aromatic carbocycles. The van der Waals surface area contributed by atoms with Gasteiger partial charge >= 0.3 is 0 Å². The molecule has 1 aliphatic rings. The average Bonchev–Trinajstić information content (AvgIpc) is 2.66. The molecule has 1 aliphatic heterocycles. The van der Waals surface area contributed by atoms with E-state index in [1.165, 1.54) is 0 Å². The van der Waals surface area contributed by atoms with E-state index in [0.717, 1.165) is 19.4 Å². The third-order valence-electron chi connectivity index (χ3n) is 2.02. The summed E-state index contributed by atoms with van der Waals surface area (Å²) in [5.74, 6) is -0.328. The van der Waals surface area contributed by atoms with Crippen molar-refractivity contribution in [3.8, 4) is 0 Å². The maximum atomic E-state index is 11.3. The molecule has 0 radical (unpaired) electrons. The molecule has 5 heteroatoms. The second-order valence-electron chi connectivity index (χ2n) is 3.04. The lowest BCUT2D eigenvalue weighted by atomic mass is 10.2. The van der Waals surface area contributed by atoms with Crippen LogP contribution in [-0.4, -0.2) is 24.4 Å². The number of amides is 2. The quantitative estimate of drug-likeness (QED) is 0.498. The van der Waals surface area contributed by atoms with Crippen molar-refractivity contribution < 1.29 is 9.59 Å². The fourth-order valence-corrected chi connectivity index (χ4v) is 1.22. The third kappa shape index (κ3) is 3.02. The van der Waals surface area contributed by atoms with Gasteiger partial charge in [-0.3, -0.25) is 20.4 Å². The Morgan fingerprint density at radius 3 is 2.77 bits per heavy atom. The molecule has 1 saturated heterocycles. The maximum absolute atomic E-state index is 11.3. The summed E-state index contributed by atoms with van der Waals surface area (Å²) in [6.45, 7) is 2.61. The zero-order chi connectivity index (χ0) is 9.68. The number of nitrogens with one attached hydrogen (secondary N) is 3. The van der Waals surface area contributed by atoms with E-state index in [2.05, 4.69) is 16.2 Å². The zero-order valence-corrected chi connectivity index (χ0v) is 7.72. The highest BCUT2D eigenvalue weighted by Gasteiger charge is 2.21. The third-order valence-corrected chi connectivity index (χ3v) is 2.02. The molecule has 1 unspecified atom stereocenters. The molecule has 2 amide bonds. The average molecular weight is 185 g/mol. The lowest BCUT2D eigenvalue weighted by Crippen LogP contribution is -2.48. The van der Waals surface area contributed by atoms with Crippen LogP contribution >= 0.6 is 0 Å². The summed E-state index contributed by atoms with van der Waals surface area (Å²) >= 11 is 0. The van der Waals surface area contributed by atoms with Crippen LogP contribution in [0.3, 0.4) is 0 Å². The van der Waals surface area contributed by atoms with E-state index in [1.54, 1.807) is 6.92 Å². The second kappa shape index (κ2) is 4.81. The summed E-state index contributed by atoms with van der Waals surface area (Å²) < 4.78 is 0. The summed E-state index contributed by atoms with van der Waals surface area (Å²) in [6, 6.07) is -0.142. The summed E-state index contributed by atoms with van der Waals surface area (Å²) in [4.78, 5) is 22.1. The molecule has 1 rings (SSSR count). The molecule has 1 heterocycles. The van der Waals surface area contributed by atoms with E-state index in [1.807, 2.05) is 0 Å². The summed E-state index contributed by atoms with van der Waals surface area (Å²) in [6.07, 6.45) is 2.23. The summed E-state index contributed by atoms with van der Waals surface area (Å²) in [5, 5.41) is 3.03.